The fraction of sp³-hybridized carbons (Fsp3) is 0.133. The molecule has 1 N–H and O–H groups in total. The van der Waals surface area contributed by atoms with Crippen LogP contribution >= 0.6 is 11.6 Å². The van der Waals surface area contributed by atoms with Crippen molar-refractivity contribution in [2.24, 2.45) is 0 Å². The Morgan fingerprint density at radius 2 is 2.05 bits per heavy atom. The number of aromatic nitrogens is 1. The van der Waals surface area contributed by atoms with Crippen molar-refractivity contribution in [1.82, 2.24) is 4.98 Å². The Balaban J connectivity index is 1.95. The summed E-state index contributed by atoms with van der Waals surface area (Å²) in [5.74, 6) is -1.09. The second-order valence-electron chi connectivity index (χ2n) is 4.26. The Bertz CT molecular complexity index is 646. The van der Waals surface area contributed by atoms with E-state index >= 15 is 0 Å². The summed E-state index contributed by atoms with van der Waals surface area (Å²) in [5.41, 5.74) is 0.688. The number of ether oxygens (including phenoxy) is 1. The molecular weight excluding hydrogens is 292 g/mol. The fourth-order valence-corrected chi connectivity index (χ4v) is 1.76. The molecule has 1 atom stereocenters. The number of hydrogen-bond donors (Lipinski definition) is 1. The molecule has 21 heavy (non-hydrogen) atoms. The minimum absolute atomic E-state index is 0.153. The predicted octanol–water partition coefficient (Wildman–Crippen LogP) is 2.92. The standard InChI is InChI=1S/C15H13ClN2O3/c1-10(21-15(20)13-7-2-3-8-17-13)14(19)18-12-6-4-5-11(16)9-12/h2-10H,1H3,(H,18,19). The lowest BCUT2D eigenvalue weighted by atomic mass is 10.3. The lowest BCUT2D eigenvalue weighted by Gasteiger charge is -2.13. The fourth-order valence-electron chi connectivity index (χ4n) is 1.57. The minimum atomic E-state index is -0.946. The maximum Gasteiger partial charge on any atom is 0.357 e. The molecule has 1 heterocycles. The Kier molecular flexibility index (Phi) is 4.90. The Morgan fingerprint density at radius 1 is 1.24 bits per heavy atom. The zero-order valence-electron chi connectivity index (χ0n) is 11.2. The van der Waals surface area contributed by atoms with E-state index in [1.165, 1.54) is 19.2 Å². The average Bonchev–Trinajstić information content (AvgIpc) is 2.48. The highest BCUT2D eigenvalue weighted by molar-refractivity contribution is 6.30. The van der Waals surface area contributed by atoms with Crippen LogP contribution < -0.4 is 5.32 Å². The maximum atomic E-state index is 11.9. The number of carbonyl (C=O) groups is 2. The number of rotatable bonds is 4. The van der Waals surface area contributed by atoms with E-state index < -0.39 is 18.0 Å². The number of pyridine rings is 1. The molecule has 1 aromatic heterocycles. The van der Waals surface area contributed by atoms with E-state index in [2.05, 4.69) is 10.3 Å². The molecule has 0 radical (unpaired) electrons. The third-order valence-corrected chi connectivity index (χ3v) is 2.85. The average molecular weight is 305 g/mol. The minimum Gasteiger partial charge on any atom is -0.448 e. The molecule has 1 amide bonds. The first-order chi connectivity index (χ1) is 10.1. The van der Waals surface area contributed by atoms with Gasteiger partial charge in [0.25, 0.3) is 5.91 Å². The van der Waals surface area contributed by atoms with E-state index in [4.69, 9.17) is 16.3 Å². The molecule has 2 rings (SSSR count). The van der Waals surface area contributed by atoms with Crippen molar-refractivity contribution in [2.75, 3.05) is 5.32 Å². The first-order valence-electron chi connectivity index (χ1n) is 6.24. The molecule has 0 saturated carbocycles. The van der Waals surface area contributed by atoms with Gasteiger partial charge in [-0.1, -0.05) is 23.7 Å². The molecule has 0 aliphatic rings. The van der Waals surface area contributed by atoms with Gasteiger partial charge >= 0.3 is 5.97 Å². The van der Waals surface area contributed by atoms with Crippen LogP contribution in [-0.4, -0.2) is 23.0 Å². The number of nitrogens with zero attached hydrogens (tertiary/aromatic N) is 1. The van der Waals surface area contributed by atoms with Crippen molar-refractivity contribution in [3.05, 3.63) is 59.4 Å². The third kappa shape index (κ3) is 4.29. The molecule has 0 fully saturated rings. The third-order valence-electron chi connectivity index (χ3n) is 2.62. The molecule has 0 bridgehead atoms. The Labute approximate surface area is 126 Å². The lowest BCUT2D eigenvalue weighted by molar-refractivity contribution is -0.123. The highest BCUT2D eigenvalue weighted by atomic mass is 35.5. The van der Waals surface area contributed by atoms with Crippen molar-refractivity contribution < 1.29 is 14.3 Å². The van der Waals surface area contributed by atoms with Crippen molar-refractivity contribution in [2.45, 2.75) is 13.0 Å². The Morgan fingerprint density at radius 3 is 2.71 bits per heavy atom. The van der Waals surface area contributed by atoms with Gasteiger partial charge in [-0.2, -0.15) is 0 Å². The van der Waals surface area contributed by atoms with Gasteiger partial charge in [0, 0.05) is 16.9 Å². The van der Waals surface area contributed by atoms with Crippen LogP contribution in [0.25, 0.3) is 0 Å². The maximum absolute atomic E-state index is 11.9. The van der Waals surface area contributed by atoms with E-state index in [1.54, 1.807) is 36.4 Å². The summed E-state index contributed by atoms with van der Waals surface area (Å²) in [7, 11) is 0. The molecule has 2 aromatic rings. The number of esters is 1. The van der Waals surface area contributed by atoms with Gasteiger partial charge in [0.2, 0.25) is 0 Å². The van der Waals surface area contributed by atoms with Gasteiger partial charge in [-0.25, -0.2) is 9.78 Å². The number of hydrogen-bond acceptors (Lipinski definition) is 4. The van der Waals surface area contributed by atoms with Crippen LogP contribution in [0.5, 0.6) is 0 Å². The zero-order chi connectivity index (χ0) is 15.2. The second-order valence-corrected chi connectivity index (χ2v) is 4.70. The van der Waals surface area contributed by atoms with Crippen LogP contribution in [0.2, 0.25) is 5.02 Å². The van der Waals surface area contributed by atoms with Crippen molar-refractivity contribution in [3.63, 3.8) is 0 Å². The predicted molar refractivity (Wildman–Crippen MR) is 79.2 cm³/mol. The number of amides is 1. The van der Waals surface area contributed by atoms with Gasteiger partial charge in [-0.15, -0.1) is 0 Å². The quantitative estimate of drug-likeness (QED) is 0.882. The van der Waals surface area contributed by atoms with Crippen LogP contribution in [0, 0.1) is 0 Å². The number of nitrogens with one attached hydrogen (secondary N) is 1. The highest BCUT2D eigenvalue weighted by Crippen LogP contribution is 2.15. The molecule has 0 spiro atoms. The first kappa shape index (κ1) is 15.0. The highest BCUT2D eigenvalue weighted by Gasteiger charge is 2.19. The molecule has 6 heteroatoms. The number of carbonyl (C=O) groups excluding carboxylic acids is 2. The van der Waals surface area contributed by atoms with Crippen molar-refractivity contribution >= 4 is 29.2 Å². The van der Waals surface area contributed by atoms with Crippen LogP contribution in [0.3, 0.4) is 0 Å². The monoisotopic (exact) mass is 304 g/mol. The first-order valence-corrected chi connectivity index (χ1v) is 6.62. The second kappa shape index (κ2) is 6.85. The van der Waals surface area contributed by atoms with E-state index in [9.17, 15) is 9.59 Å². The van der Waals surface area contributed by atoms with Crippen LogP contribution in [0.15, 0.2) is 48.7 Å². The summed E-state index contributed by atoms with van der Waals surface area (Å²) >= 11 is 5.83. The molecule has 108 valence electrons. The zero-order valence-corrected chi connectivity index (χ0v) is 12.0. The smallest absolute Gasteiger partial charge is 0.357 e. The number of anilines is 1. The van der Waals surface area contributed by atoms with Crippen molar-refractivity contribution in [3.8, 4) is 0 Å². The lowest BCUT2D eigenvalue weighted by Crippen LogP contribution is -2.30. The van der Waals surface area contributed by atoms with Gasteiger partial charge in [0.05, 0.1) is 0 Å². The summed E-state index contributed by atoms with van der Waals surface area (Å²) in [4.78, 5) is 27.6. The molecule has 1 aromatic carbocycles. The van der Waals surface area contributed by atoms with E-state index in [0.717, 1.165) is 0 Å². The van der Waals surface area contributed by atoms with Crippen LogP contribution in [0.4, 0.5) is 5.69 Å². The summed E-state index contributed by atoms with van der Waals surface area (Å²) in [6, 6.07) is 11.6. The molecule has 5 nitrogen and oxygen atoms in total. The molecule has 0 aliphatic heterocycles. The SMILES string of the molecule is CC(OC(=O)c1ccccn1)C(=O)Nc1cccc(Cl)c1. The van der Waals surface area contributed by atoms with Gasteiger partial charge in [0.1, 0.15) is 5.69 Å². The molecule has 1 unspecified atom stereocenters. The molecule has 0 aliphatic carbocycles. The van der Waals surface area contributed by atoms with Gasteiger partial charge < -0.3 is 10.1 Å². The number of benzene rings is 1. The topological polar surface area (TPSA) is 68.3 Å². The van der Waals surface area contributed by atoms with E-state index in [0.29, 0.717) is 10.7 Å². The van der Waals surface area contributed by atoms with Gasteiger partial charge in [-0.3, -0.25) is 4.79 Å². The normalized spacial score (nSPS) is 11.5. The largest absolute Gasteiger partial charge is 0.448 e. The van der Waals surface area contributed by atoms with Gasteiger partial charge in [-0.05, 0) is 37.3 Å². The number of halogens is 1. The summed E-state index contributed by atoms with van der Waals surface area (Å²) < 4.78 is 5.05. The van der Waals surface area contributed by atoms with Crippen molar-refractivity contribution in [1.29, 1.82) is 0 Å². The summed E-state index contributed by atoms with van der Waals surface area (Å²) in [6.07, 6.45) is 0.534. The van der Waals surface area contributed by atoms with E-state index in [-0.39, 0.29) is 5.69 Å². The molecular formula is C15H13ClN2O3. The summed E-state index contributed by atoms with van der Waals surface area (Å²) in [5, 5.41) is 3.12. The van der Waals surface area contributed by atoms with E-state index in [1.807, 2.05) is 0 Å². The Hall–Kier alpha value is -2.40. The van der Waals surface area contributed by atoms with Crippen LogP contribution in [-0.2, 0) is 9.53 Å². The molecule has 0 saturated heterocycles. The summed E-state index contributed by atoms with van der Waals surface area (Å²) in [6.45, 7) is 1.49. The van der Waals surface area contributed by atoms with Gasteiger partial charge in [0.15, 0.2) is 6.10 Å². The van der Waals surface area contributed by atoms with Crippen LogP contribution in [0.1, 0.15) is 17.4 Å².